The van der Waals surface area contributed by atoms with Crippen LogP contribution in [-0.2, 0) is 6.42 Å². The maximum Gasteiger partial charge on any atom is 0.232 e. The third kappa shape index (κ3) is 3.42. The summed E-state index contributed by atoms with van der Waals surface area (Å²) in [6, 6.07) is 21.0. The molecule has 162 valence electrons. The average Bonchev–Trinajstić information content (AvgIpc) is 2.83. The molecule has 0 saturated heterocycles. The zero-order chi connectivity index (χ0) is 22.2. The standard InChI is InChI=1S/C26H25FN4O/c1-17-21-8-5-4-7-18(21)15-16-31(17)25-22-9-6-10-23(32-3)24(22)28-26(29-25)30(2)20-13-11-19(27)12-14-20/h4-14,17H,15-16H2,1-3H3. The van der Waals surface area contributed by atoms with Crippen LogP contribution < -0.4 is 14.5 Å². The Morgan fingerprint density at radius 1 is 1.00 bits per heavy atom. The van der Waals surface area contributed by atoms with Crippen LogP contribution in [0.5, 0.6) is 5.75 Å². The van der Waals surface area contributed by atoms with E-state index in [0.717, 1.165) is 35.4 Å². The van der Waals surface area contributed by atoms with Gasteiger partial charge in [0.15, 0.2) is 0 Å². The van der Waals surface area contributed by atoms with Crippen LogP contribution in [-0.4, -0.2) is 30.7 Å². The molecular weight excluding hydrogens is 403 g/mol. The highest BCUT2D eigenvalue weighted by molar-refractivity contribution is 5.95. The molecule has 5 rings (SSSR count). The molecule has 1 atom stereocenters. The van der Waals surface area contributed by atoms with Gasteiger partial charge in [0.2, 0.25) is 5.95 Å². The van der Waals surface area contributed by atoms with Crippen molar-refractivity contribution in [1.82, 2.24) is 9.97 Å². The summed E-state index contributed by atoms with van der Waals surface area (Å²) >= 11 is 0. The molecule has 32 heavy (non-hydrogen) atoms. The summed E-state index contributed by atoms with van der Waals surface area (Å²) < 4.78 is 19.1. The topological polar surface area (TPSA) is 41.5 Å². The van der Waals surface area contributed by atoms with E-state index in [9.17, 15) is 4.39 Å². The molecule has 0 aliphatic carbocycles. The van der Waals surface area contributed by atoms with Crippen LogP contribution in [0.1, 0.15) is 24.1 Å². The smallest absolute Gasteiger partial charge is 0.232 e. The molecule has 0 spiro atoms. The number of halogens is 1. The van der Waals surface area contributed by atoms with E-state index in [1.54, 1.807) is 19.2 Å². The van der Waals surface area contributed by atoms with Crippen molar-refractivity contribution < 1.29 is 9.13 Å². The Morgan fingerprint density at radius 2 is 1.78 bits per heavy atom. The molecule has 0 fully saturated rings. The van der Waals surface area contributed by atoms with Gasteiger partial charge in [0.25, 0.3) is 0 Å². The SMILES string of the molecule is COc1cccc2c(N3CCc4ccccc4C3C)nc(N(C)c3ccc(F)cc3)nc12. The minimum Gasteiger partial charge on any atom is -0.494 e. The van der Waals surface area contributed by atoms with Gasteiger partial charge in [-0.25, -0.2) is 9.37 Å². The average molecular weight is 429 g/mol. The van der Waals surface area contributed by atoms with Crippen LogP contribution in [0, 0.1) is 5.82 Å². The first kappa shape index (κ1) is 20.2. The molecule has 0 amide bonds. The van der Waals surface area contributed by atoms with E-state index in [1.165, 1.54) is 23.3 Å². The number of benzene rings is 3. The molecule has 1 aliphatic heterocycles. The second-order valence-electron chi connectivity index (χ2n) is 8.06. The van der Waals surface area contributed by atoms with E-state index in [0.29, 0.717) is 11.7 Å². The summed E-state index contributed by atoms with van der Waals surface area (Å²) in [5.41, 5.74) is 4.27. The molecule has 1 unspecified atom stereocenters. The third-order valence-electron chi connectivity index (χ3n) is 6.26. The van der Waals surface area contributed by atoms with E-state index < -0.39 is 0 Å². The first-order valence-corrected chi connectivity index (χ1v) is 10.8. The highest BCUT2D eigenvalue weighted by Crippen LogP contribution is 2.39. The fraction of sp³-hybridized carbons (Fsp3) is 0.231. The van der Waals surface area contributed by atoms with Crippen LogP contribution in [0.2, 0.25) is 0 Å². The quantitative estimate of drug-likeness (QED) is 0.419. The number of para-hydroxylation sites is 1. The third-order valence-corrected chi connectivity index (χ3v) is 6.26. The summed E-state index contributed by atoms with van der Waals surface area (Å²) in [7, 11) is 3.54. The van der Waals surface area contributed by atoms with Crippen molar-refractivity contribution in [2.24, 2.45) is 0 Å². The first-order valence-electron chi connectivity index (χ1n) is 10.8. The van der Waals surface area contributed by atoms with Gasteiger partial charge in [-0.3, -0.25) is 0 Å². The number of anilines is 3. The van der Waals surface area contributed by atoms with Gasteiger partial charge in [-0.1, -0.05) is 30.3 Å². The van der Waals surface area contributed by atoms with E-state index in [2.05, 4.69) is 36.1 Å². The highest BCUT2D eigenvalue weighted by atomic mass is 19.1. The molecule has 0 saturated carbocycles. The van der Waals surface area contributed by atoms with Gasteiger partial charge < -0.3 is 14.5 Å². The molecule has 1 aromatic heterocycles. The normalized spacial score (nSPS) is 15.5. The Kier molecular flexibility index (Phi) is 5.13. The molecule has 3 aromatic carbocycles. The van der Waals surface area contributed by atoms with E-state index >= 15 is 0 Å². The predicted octanol–water partition coefficient (Wildman–Crippen LogP) is 5.67. The van der Waals surface area contributed by atoms with Crippen molar-refractivity contribution >= 4 is 28.4 Å². The molecule has 0 N–H and O–H groups in total. The number of hydrogen-bond acceptors (Lipinski definition) is 5. The lowest BCUT2D eigenvalue weighted by molar-refractivity contribution is 0.419. The van der Waals surface area contributed by atoms with Crippen molar-refractivity contribution in [2.75, 3.05) is 30.5 Å². The number of hydrogen-bond donors (Lipinski definition) is 0. The first-order chi connectivity index (χ1) is 15.6. The van der Waals surface area contributed by atoms with Crippen molar-refractivity contribution in [3.63, 3.8) is 0 Å². The Bertz CT molecular complexity index is 1270. The summed E-state index contributed by atoms with van der Waals surface area (Å²) in [6.07, 6.45) is 0.957. The summed E-state index contributed by atoms with van der Waals surface area (Å²) in [6.45, 7) is 3.08. The Hall–Kier alpha value is -3.67. The molecule has 4 aromatic rings. The van der Waals surface area contributed by atoms with E-state index in [-0.39, 0.29) is 11.9 Å². The monoisotopic (exact) mass is 428 g/mol. The second kappa shape index (κ2) is 8.11. The van der Waals surface area contributed by atoms with Gasteiger partial charge in [-0.05, 0) is 60.9 Å². The second-order valence-corrected chi connectivity index (χ2v) is 8.06. The minimum atomic E-state index is -0.273. The number of methoxy groups -OCH3 is 1. The Labute approximate surface area is 187 Å². The van der Waals surface area contributed by atoms with Gasteiger partial charge in [-0.15, -0.1) is 0 Å². The van der Waals surface area contributed by atoms with Crippen LogP contribution in [0.4, 0.5) is 21.8 Å². The summed E-state index contributed by atoms with van der Waals surface area (Å²) in [5, 5.41) is 0.951. The number of rotatable bonds is 4. The highest BCUT2D eigenvalue weighted by Gasteiger charge is 2.27. The van der Waals surface area contributed by atoms with Gasteiger partial charge in [0, 0.05) is 24.7 Å². The van der Waals surface area contributed by atoms with E-state index in [4.69, 9.17) is 14.7 Å². The zero-order valence-electron chi connectivity index (χ0n) is 18.4. The van der Waals surface area contributed by atoms with Crippen molar-refractivity contribution in [1.29, 1.82) is 0 Å². The lowest BCUT2D eigenvalue weighted by Gasteiger charge is -2.37. The van der Waals surface area contributed by atoms with Crippen molar-refractivity contribution in [2.45, 2.75) is 19.4 Å². The maximum atomic E-state index is 13.5. The fourth-order valence-corrected chi connectivity index (χ4v) is 4.47. The van der Waals surface area contributed by atoms with Gasteiger partial charge in [0.1, 0.15) is 22.9 Å². The Balaban J connectivity index is 1.67. The summed E-state index contributed by atoms with van der Waals surface area (Å²) in [4.78, 5) is 14.1. The van der Waals surface area contributed by atoms with Gasteiger partial charge in [-0.2, -0.15) is 4.98 Å². The van der Waals surface area contributed by atoms with Crippen LogP contribution in [0.15, 0.2) is 66.7 Å². The molecule has 1 aliphatic rings. The molecule has 5 nitrogen and oxygen atoms in total. The number of nitrogens with zero attached hydrogens (tertiary/aromatic N) is 4. The van der Waals surface area contributed by atoms with Crippen LogP contribution in [0.25, 0.3) is 10.9 Å². The predicted molar refractivity (Wildman–Crippen MR) is 126 cm³/mol. The Morgan fingerprint density at radius 3 is 2.56 bits per heavy atom. The number of aromatic nitrogens is 2. The molecule has 2 heterocycles. The van der Waals surface area contributed by atoms with Gasteiger partial charge >= 0.3 is 0 Å². The lowest BCUT2D eigenvalue weighted by Crippen LogP contribution is -2.35. The largest absolute Gasteiger partial charge is 0.494 e. The molecule has 0 radical (unpaired) electrons. The fourth-order valence-electron chi connectivity index (χ4n) is 4.47. The molecule has 6 heteroatoms. The summed E-state index contributed by atoms with van der Waals surface area (Å²) in [5.74, 6) is 1.84. The molecule has 0 bridgehead atoms. The van der Waals surface area contributed by atoms with Crippen LogP contribution in [0.3, 0.4) is 0 Å². The maximum absolute atomic E-state index is 13.5. The van der Waals surface area contributed by atoms with Crippen molar-refractivity contribution in [3.8, 4) is 5.75 Å². The zero-order valence-corrected chi connectivity index (χ0v) is 18.4. The molecular formula is C26H25FN4O. The van der Waals surface area contributed by atoms with Crippen molar-refractivity contribution in [3.05, 3.63) is 83.7 Å². The lowest BCUT2D eigenvalue weighted by atomic mass is 9.93. The van der Waals surface area contributed by atoms with Crippen LogP contribution >= 0.6 is 0 Å². The number of fused-ring (bicyclic) bond motifs is 2. The van der Waals surface area contributed by atoms with Gasteiger partial charge in [0.05, 0.1) is 13.2 Å². The minimum absolute atomic E-state index is 0.174. The number of ether oxygens (including phenoxy) is 1. The van der Waals surface area contributed by atoms with E-state index in [1.807, 2.05) is 30.1 Å².